The van der Waals surface area contributed by atoms with Crippen molar-refractivity contribution in [3.05, 3.63) is 21.9 Å². The highest BCUT2D eigenvalue weighted by molar-refractivity contribution is 7.10. The maximum absolute atomic E-state index is 12.1. The summed E-state index contributed by atoms with van der Waals surface area (Å²) in [5, 5.41) is 11.2. The molecule has 0 radical (unpaired) electrons. The first-order chi connectivity index (χ1) is 9.65. The number of carbonyl (C=O) groups is 2. The van der Waals surface area contributed by atoms with Crippen LogP contribution in [-0.2, 0) is 25.5 Å². The molecule has 0 bridgehead atoms. The number of rotatable bonds is 6. The van der Waals surface area contributed by atoms with Gasteiger partial charge < -0.3 is 19.5 Å². The number of aliphatic carboxylic acids is 1. The first-order valence-electron chi connectivity index (χ1n) is 6.30. The van der Waals surface area contributed by atoms with Crippen molar-refractivity contribution < 1.29 is 24.2 Å². The summed E-state index contributed by atoms with van der Waals surface area (Å²) in [6.07, 6.45) is 0.695. The minimum absolute atomic E-state index is 0.118. The molecule has 7 heteroatoms. The Morgan fingerprint density at radius 2 is 2.30 bits per heavy atom. The zero-order chi connectivity index (χ0) is 14.5. The summed E-state index contributed by atoms with van der Waals surface area (Å²) in [6.45, 7) is 1.02. The van der Waals surface area contributed by atoms with Crippen LogP contribution < -0.4 is 0 Å². The largest absolute Gasteiger partial charge is 0.479 e. The number of amides is 1. The van der Waals surface area contributed by atoms with Gasteiger partial charge in [-0.05, 0) is 23.4 Å². The molecule has 6 nitrogen and oxygen atoms in total. The van der Waals surface area contributed by atoms with E-state index < -0.39 is 12.0 Å². The van der Waals surface area contributed by atoms with Crippen LogP contribution in [0.5, 0.6) is 0 Å². The summed E-state index contributed by atoms with van der Waals surface area (Å²) in [5.74, 6) is -1.31. The Hall–Kier alpha value is -1.44. The number of carboxylic acid groups (broad SMARTS) is 1. The predicted molar refractivity (Wildman–Crippen MR) is 72.8 cm³/mol. The molecule has 1 aromatic heterocycles. The van der Waals surface area contributed by atoms with Crippen molar-refractivity contribution in [1.29, 1.82) is 0 Å². The molecule has 1 aliphatic rings. The van der Waals surface area contributed by atoms with Gasteiger partial charge in [-0.2, -0.15) is 0 Å². The normalized spacial score (nSPS) is 17.9. The average molecular weight is 299 g/mol. The minimum Gasteiger partial charge on any atom is -0.479 e. The summed E-state index contributed by atoms with van der Waals surface area (Å²) in [4.78, 5) is 26.0. The molecular formula is C13H17NO5S. The summed E-state index contributed by atoms with van der Waals surface area (Å²) >= 11 is 1.54. The Kier molecular flexibility index (Phi) is 5.11. The lowest BCUT2D eigenvalue weighted by atomic mass is 10.00. The number of carbonyl (C=O) groups excluding carboxylic acids is 1. The van der Waals surface area contributed by atoms with E-state index in [-0.39, 0.29) is 12.5 Å². The zero-order valence-corrected chi connectivity index (χ0v) is 12.0. The monoisotopic (exact) mass is 299 g/mol. The van der Waals surface area contributed by atoms with Crippen LogP contribution in [0.1, 0.15) is 16.5 Å². The predicted octanol–water partition coefficient (Wildman–Crippen LogP) is 0.921. The number of methoxy groups -OCH3 is 1. The van der Waals surface area contributed by atoms with Gasteiger partial charge in [0.25, 0.3) is 0 Å². The number of hydrogen-bond donors (Lipinski definition) is 1. The van der Waals surface area contributed by atoms with E-state index in [0.29, 0.717) is 26.2 Å². The van der Waals surface area contributed by atoms with Crippen LogP contribution in [0, 0.1) is 0 Å². The summed E-state index contributed by atoms with van der Waals surface area (Å²) in [6, 6.07) is 0.882. The number of carboxylic acids is 1. The topological polar surface area (TPSA) is 76.1 Å². The van der Waals surface area contributed by atoms with E-state index in [1.807, 2.05) is 5.38 Å². The standard InChI is InChI=1S/C13H17NO5S/c1-18-5-6-19-8-11(15)14-4-2-10-9(3-7-20-10)12(14)13(16)17/h3,7,12H,2,4-6,8H2,1H3,(H,16,17). The molecule has 20 heavy (non-hydrogen) atoms. The lowest BCUT2D eigenvalue weighted by Crippen LogP contribution is -2.44. The van der Waals surface area contributed by atoms with Crippen molar-refractivity contribution in [2.24, 2.45) is 0 Å². The van der Waals surface area contributed by atoms with E-state index in [1.165, 1.54) is 16.2 Å². The van der Waals surface area contributed by atoms with Crippen LogP contribution in [0.3, 0.4) is 0 Å². The van der Waals surface area contributed by atoms with Crippen molar-refractivity contribution in [1.82, 2.24) is 4.90 Å². The number of fused-ring (bicyclic) bond motifs is 1. The molecule has 1 unspecified atom stereocenters. The first-order valence-corrected chi connectivity index (χ1v) is 7.18. The number of ether oxygens (including phenoxy) is 2. The van der Waals surface area contributed by atoms with Crippen molar-refractivity contribution >= 4 is 23.2 Å². The third kappa shape index (κ3) is 3.17. The van der Waals surface area contributed by atoms with Gasteiger partial charge in [0.2, 0.25) is 5.91 Å². The highest BCUT2D eigenvalue weighted by atomic mass is 32.1. The van der Waals surface area contributed by atoms with Gasteiger partial charge in [-0.1, -0.05) is 0 Å². The van der Waals surface area contributed by atoms with Gasteiger partial charge in [0.1, 0.15) is 6.61 Å². The van der Waals surface area contributed by atoms with Crippen LogP contribution in [0.2, 0.25) is 0 Å². The highest BCUT2D eigenvalue weighted by Gasteiger charge is 2.36. The van der Waals surface area contributed by atoms with Crippen molar-refractivity contribution in [2.45, 2.75) is 12.5 Å². The van der Waals surface area contributed by atoms with Gasteiger partial charge in [-0.15, -0.1) is 11.3 Å². The van der Waals surface area contributed by atoms with E-state index in [0.717, 1.165) is 10.4 Å². The maximum atomic E-state index is 12.1. The van der Waals surface area contributed by atoms with E-state index in [9.17, 15) is 14.7 Å². The molecule has 1 aliphatic heterocycles. The molecule has 1 N–H and O–H groups in total. The van der Waals surface area contributed by atoms with E-state index in [1.54, 1.807) is 13.2 Å². The molecule has 110 valence electrons. The van der Waals surface area contributed by atoms with E-state index >= 15 is 0 Å². The fraction of sp³-hybridized carbons (Fsp3) is 0.538. The van der Waals surface area contributed by atoms with Gasteiger partial charge in [0.15, 0.2) is 6.04 Å². The molecule has 2 rings (SSSR count). The fourth-order valence-corrected chi connectivity index (χ4v) is 3.14. The molecule has 0 fully saturated rings. The van der Waals surface area contributed by atoms with Gasteiger partial charge in [-0.3, -0.25) is 4.79 Å². The highest BCUT2D eigenvalue weighted by Crippen LogP contribution is 2.33. The Bertz CT molecular complexity index is 487. The first kappa shape index (κ1) is 15.0. The molecule has 2 heterocycles. The number of nitrogens with zero attached hydrogens (tertiary/aromatic N) is 1. The summed E-state index contributed by atoms with van der Waals surface area (Å²) < 4.78 is 10.0. The third-order valence-corrected chi connectivity index (χ3v) is 4.17. The summed E-state index contributed by atoms with van der Waals surface area (Å²) in [5.41, 5.74) is 0.721. The van der Waals surface area contributed by atoms with Crippen LogP contribution in [0.15, 0.2) is 11.4 Å². The number of hydrogen-bond acceptors (Lipinski definition) is 5. The Balaban J connectivity index is 2.04. The zero-order valence-electron chi connectivity index (χ0n) is 11.2. The van der Waals surface area contributed by atoms with Crippen molar-refractivity contribution in [3.63, 3.8) is 0 Å². The van der Waals surface area contributed by atoms with Crippen LogP contribution in [0.4, 0.5) is 0 Å². The average Bonchev–Trinajstić information content (AvgIpc) is 2.90. The maximum Gasteiger partial charge on any atom is 0.331 e. The quantitative estimate of drug-likeness (QED) is 0.791. The molecular weight excluding hydrogens is 282 g/mol. The van der Waals surface area contributed by atoms with Crippen molar-refractivity contribution in [2.75, 3.05) is 33.5 Å². The molecule has 1 amide bonds. The molecule has 0 saturated heterocycles. The molecule has 1 aromatic rings. The second-order valence-electron chi connectivity index (χ2n) is 4.42. The minimum atomic E-state index is -1.01. The smallest absolute Gasteiger partial charge is 0.331 e. The number of thiophene rings is 1. The van der Waals surface area contributed by atoms with Crippen LogP contribution in [0.25, 0.3) is 0 Å². The van der Waals surface area contributed by atoms with Crippen LogP contribution >= 0.6 is 11.3 Å². The van der Waals surface area contributed by atoms with Crippen LogP contribution in [-0.4, -0.2) is 55.4 Å². The fourth-order valence-electron chi connectivity index (χ4n) is 2.24. The lowest BCUT2D eigenvalue weighted by molar-refractivity contribution is -0.153. The van der Waals surface area contributed by atoms with E-state index in [2.05, 4.69) is 0 Å². The SMILES string of the molecule is COCCOCC(=O)N1CCc2sccc2C1C(=O)O. The van der Waals surface area contributed by atoms with Gasteiger partial charge in [0.05, 0.1) is 13.2 Å². The summed E-state index contributed by atoms with van der Waals surface area (Å²) in [7, 11) is 1.55. The molecule has 1 atom stereocenters. The molecule has 0 aliphatic carbocycles. The molecule has 0 aromatic carbocycles. The van der Waals surface area contributed by atoms with E-state index in [4.69, 9.17) is 9.47 Å². The Labute approximate surface area is 120 Å². The van der Waals surface area contributed by atoms with Crippen molar-refractivity contribution in [3.8, 4) is 0 Å². The Morgan fingerprint density at radius 3 is 3.00 bits per heavy atom. The third-order valence-electron chi connectivity index (χ3n) is 3.18. The van der Waals surface area contributed by atoms with Gasteiger partial charge in [0, 0.05) is 18.5 Å². The van der Waals surface area contributed by atoms with Gasteiger partial charge in [-0.25, -0.2) is 4.79 Å². The molecule has 0 saturated carbocycles. The molecule has 0 spiro atoms. The Morgan fingerprint density at radius 1 is 1.50 bits per heavy atom. The second kappa shape index (κ2) is 6.83. The lowest BCUT2D eigenvalue weighted by Gasteiger charge is -2.33. The second-order valence-corrected chi connectivity index (χ2v) is 5.42. The van der Waals surface area contributed by atoms with Gasteiger partial charge >= 0.3 is 5.97 Å².